The van der Waals surface area contributed by atoms with E-state index in [1.807, 2.05) is 0 Å². The number of carboxylic acid groups (broad SMARTS) is 1. The molecule has 0 heterocycles. The molecule has 17 heavy (non-hydrogen) atoms. The number of nitrogens with one attached hydrogen (secondary N) is 1. The van der Waals surface area contributed by atoms with Gasteiger partial charge in [-0.3, -0.25) is 9.59 Å². The first kappa shape index (κ1) is 12.4. The van der Waals surface area contributed by atoms with Crippen LogP contribution in [0.15, 0.2) is 0 Å². The molecule has 4 heteroatoms. The smallest absolute Gasteiger partial charge is 0.307 e. The quantitative estimate of drug-likeness (QED) is 0.791. The molecule has 2 unspecified atom stereocenters. The van der Waals surface area contributed by atoms with Crippen LogP contribution in [0.3, 0.4) is 0 Å². The van der Waals surface area contributed by atoms with Gasteiger partial charge in [0.25, 0.3) is 0 Å². The van der Waals surface area contributed by atoms with E-state index in [1.54, 1.807) is 0 Å². The van der Waals surface area contributed by atoms with Gasteiger partial charge in [0.1, 0.15) is 0 Å². The summed E-state index contributed by atoms with van der Waals surface area (Å²) >= 11 is 0. The monoisotopic (exact) mass is 239 g/mol. The SMILES string of the molecule is O=C(O)C1CCCCC1C(=O)NC1CCCC1. The zero-order chi connectivity index (χ0) is 12.3. The molecule has 2 aliphatic rings. The van der Waals surface area contributed by atoms with Crippen LogP contribution >= 0.6 is 0 Å². The van der Waals surface area contributed by atoms with Gasteiger partial charge in [0, 0.05) is 6.04 Å². The Morgan fingerprint density at radius 3 is 2.00 bits per heavy atom. The summed E-state index contributed by atoms with van der Waals surface area (Å²) in [6.45, 7) is 0. The van der Waals surface area contributed by atoms with E-state index < -0.39 is 11.9 Å². The number of carboxylic acids is 1. The second-order valence-corrected chi connectivity index (χ2v) is 5.33. The molecule has 2 aliphatic carbocycles. The zero-order valence-corrected chi connectivity index (χ0v) is 10.2. The standard InChI is InChI=1S/C13H21NO3/c15-12(14-9-5-1-2-6-9)10-7-3-4-8-11(10)13(16)17/h9-11H,1-8H2,(H,14,15)(H,16,17). The van der Waals surface area contributed by atoms with Crippen LogP contribution in [0.5, 0.6) is 0 Å². The van der Waals surface area contributed by atoms with E-state index >= 15 is 0 Å². The van der Waals surface area contributed by atoms with Crippen molar-refractivity contribution in [3.05, 3.63) is 0 Å². The second kappa shape index (κ2) is 5.52. The summed E-state index contributed by atoms with van der Waals surface area (Å²) in [7, 11) is 0. The molecule has 0 bridgehead atoms. The van der Waals surface area contributed by atoms with Crippen molar-refractivity contribution < 1.29 is 14.7 Å². The normalized spacial score (nSPS) is 30.1. The number of carbonyl (C=O) groups excluding carboxylic acids is 1. The maximum atomic E-state index is 12.1. The lowest BCUT2D eigenvalue weighted by atomic mass is 9.78. The number of amides is 1. The summed E-state index contributed by atoms with van der Waals surface area (Å²) in [4.78, 5) is 23.2. The topological polar surface area (TPSA) is 66.4 Å². The predicted molar refractivity (Wildman–Crippen MR) is 63.5 cm³/mol. The van der Waals surface area contributed by atoms with Crippen LogP contribution in [-0.2, 0) is 9.59 Å². The van der Waals surface area contributed by atoms with E-state index in [0.29, 0.717) is 12.5 Å². The molecular formula is C13H21NO3. The van der Waals surface area contributed by atoms with Gasteiger partial charge < -0.3 is 10.4 Å². The minimum Gasteiger partial charge on any atom is -0.481 e. The highest BCUT2D eigenvalue weighted by molar-refractivity contribution is 5.85. The molecule has 4 nitrogen and oxygen atoms in total. The molecule has 1 amide bonds. The maximum Gasteiger partial charge on any atom is 0.307 e. The van der Waals surface area contributed by atoms with Gasteiger partial charge in [0.2, 0.25) is 5.91 Å². The van der Waals surface area contributed by atoms with Gasteiger partial charge in [-0.25, -0.2) is 0 Å². The molecule has 2 saturated carbocycles. The van der Waals surface area contributed by atoms with Crippen LogP contribution in [0.25, 0.3) is 0 Å². The highest BCUT2D eigenvalue weighted by atomic mass is 16.4. The molecule has 0 aliphatic heterocycles. The second-order valence-electron chi connectivity index (χ2n) is 5.33. The van der Waals surface area contributed by atoms with Crippen LogP contribution in [-0.4, -0.2) is 23.0 Å². The summed E-state index contributed by atoms with van der Waals surface area (Å²) in [6.07, 6.45) is 7.76. The number of hydrogen-bond donors (Lipinski definition) is 2. The lowest BCUT2D eigenvalue weighted by Gasteiger charge is -2.28. The first-order valence-corrected chi connectivity index (χ1v) is 6.71. The molecule has 0 spiro atoms. The van der Waals surface area contributed by atoms with Crippen molar-refractivity contribution >= 4 is 11.9 Å². The van der Waals surface area contributed by atoms with Crippen molar-refractivity contribution in [2.24, 2.45) is 11.8 Å². The number of carbonyl (C=O) groups is 2. The first-order chi connectivity index (χ1) is 8.18. The lowest BCUT2D eigenvalue weighted by Crippen LogP contribution is -2.43. The molecule has 0 aromatic heterocycles. The third-order valence-corrected chi connectivity index (χ3v) is 4.12. The fourth-order valence-electron chi connectivity index (χ4n) is 3.12. The van der Waals surface area contributed by atoms with Gasteiger partial charge >= 0.3 is 5.97 Å². The van der Waals surface area contributed by atoms with Crippen molar-refractivity contribution in [3.63, 3.8) is 0 Å². The van der Waals surface area contributed by atoms with Crippen molar-refractivity contribution in [2.45, 2.75) is 57.4 Å². The molecule has 2 fully saturated rings. The summed E-state index contributed by atoms with van der Waals surface area (Å²) in [5, 5.41) is 12.2. The fourth-order valence-corrected chi connectivity index (χ4v) is 3.12. The van der Waals surface area contributed by atoms with E-state index in [0.717, 1.165) is 32.1 Å². The molecule has 0 aromatic rings. The van der Waals surface area contributed by atoms with Gasteiger partial charge in [-0.15, -0.1) is 0 Å². The van der Waals surface area contributed by atoms with E-state index in [4.69, 9.17) is 5.11 Å². The molecular weight excluding hydrogens is 218 g/mol. The lowest BCUT2D eigenvalue weighted by molar-refractivity contribution is -0.149. The zero-order valence-electron chi connectivity index (χ0n) is 10.2. The first-order valence-electron chi connectivity index (χ1n) is 6.71. The predicted octanol–water partition coefficient (Wildman–Crippen LogP) is 1.94. The Labute approximate surface area is 102 Å². The van der Waals surface area contributed by atoms with E-state index in [-0.39, 0.29) is 11.8 Å². The van der Waals surface area contributed by atoms with E-state index in [1.165, 1.54) is 12.8 Å². The molecule has 2 atom stereocenters. The maximum absolute atomic E-state index is 12.1. The average molecular weight is 239 g/mol. The van der Waals surface area contributed by atoms with Crippen molar-refractivity contribution in [3.8, 4) is 0 Å². The number of hydrogen-bond acceptors (Lipinski definition) is 2. The number of rotatable bonds is 3. The summed E-state index contributed by atoms with van der Waals surface area (Å²) in [6, 6.07) is 0.291. The molecule has 2 N–H and O–H groups in total. The Kier molecular flexibility index (Phi) is 4.02. The van der Waals surface area contributed by atoms with Gasteiger partial charge in [0.05, 0.1) is 11.8 Å². The van der Waals surface area contributed by atoms with Crippen LogP contribution in [0.4, 0.5) is 0 Å². The molecule has 2 rings (SSSR count). The summed E-state index contributed by atoms with van der Waals surface area (Å²) in [5.41, 5.74) is 0. The van der Waals surface area contributed by atoms with Gasteiger partial charge in [-0.1, -0.05) is 25.7 Å². The van der Waals surface area contributed by atoms with Crippen LogP contribution in [0.1, 0.15) is 51.4 Å². The van der Waals surface area contributed by atoms with Gasteiger partial charge in [-0.2, -0.15) is 0 Å². The van der Waals surface area contributed by atoms with Gasteiger partial charge in [0.15, 0.2) is 0 Å². The summed E-state index contributed by atoms with van der Waals surface area (Å²) < 4.78 is 0. The van der Waals surface area contributed by atoms with Crippen LogP contribution in [0, 0.1) is 11.8 Å². The average Bonchev–Trinajstić information content (AvgIpc) is 2.81. The van der Waals surface area contributed by atoms with Crippen molar-refractivity contribution in [1.82, 2.24) is 5.32 Å². The van der Waals surface area contributed by atoms with Crippen LogP contribution < -0.4 is 5.32 Å². The molecule has 96 valence electrons. The summed E-state index contributed by atoms with van der Waals surface area (Å²) in [5.74, 6) is -1.60. The highest BCUT2D eigenvalue weighted by Crippen LogP contribution is 2.31. The largest absolute Gasteiger partial charge is 0.481 e. The number of aliphatic carboxylic acids is 1. The minimum absolute atomic E-state index is 0.0241. The Bertz CT molecular complexity index is 297. The molecule has 0 radical (unpaired) electrons. The minimum atomic E-state index is -0.809. The Balaban J connectivity index is 1.93. The third kappa shape index (κ3) is 2.99. The Morgan fingerprint density at radius 2 is 1.41 bits per heavy atom. The third-order valence-electron chi connectivity index (χ3n) is 4.12. The van der Waals surface area contributed by atoms with E-state index in [2.05, 4.69) is 5.32 Å². The van der Waals surface area contributed by atoms with Crippen LogP contribution in [0.2, 0.25) is 0 Å². The molecule has 0 aromatic carbocycles. The van der Waals surface area contributed by atoms with Crippen molar-refractivity contribution in [2.75, 3.05) is 0 Å². The molecule has 0 saturated heterocycles. The Morgan fingerprint density at radius 1 is 0.882 bits per heavy atom. The van der Waals surface area contributed by atoms with E-state index in [9.17, 15) is 9.59 Å². The fraction of sp³-hybridized carbons (Fsp3) is 0.846. The Hall–Kier alpha value is -1.06. The van der Waals surface area contributed by atoms with Gasteiger partial charge in [-0.05, 0) is 25.7 Å². The van der Waals surface area contributed by atoms with Crippen molar-refractivity contribution in [1.29, 1.82) is 0 Å². The highest BCUT2D eigenvalue weighted by Gasteiger charge is 2.36.